The van der Waals surface area contributed by atoms with Crippen LogP contribution < -0.4 is 10.1 Å². The summed E-state index contributed by atoms with van der Waals surface area (Å²) in [5, 5.41) is 2.90. The molecule has 0 aliphatic carbocycles. The molecule has 2 rings (SSSR count). The van der Waals surface area contributed by atoms with Crippen LogP contribution in [-0.4, -0.2) is 32.4 Å². The Morgan fingerprint density at radius 2 is 2.16 bits per heavy atom. The Morgan fingerprint density at radius 1 is 1.32 bits per heavy atom. The van der Waals surface area contributed by atoms with Crippen LogP contribution in [0.15, 0.2) is 24.3 Å². The quantitative estimate of drug-likeness (QED) is 0.655. The van der Waals surface area contributed by atoms with Crippen LogP contribution in [0, 0.1) is 11.8 Å². The van der Waals surface area contributed by atoms with Gasteiger partial charge in [0, 0.05) is 11.6 Å². The standard InChI is InChI=1S/C15H18ClNO2/c16-13-5-7-14(8-6-13)18-10-2-1-9-17-12-15-4-3-11-19-15/h5-8,15,17H,3-4,9-12H2/p+1/t15-/m0/s1. The molecule has 0 unspecified atom stereocenters. The zero-order chi connectivity index (χ0) is 13.3. The average Bonchev–Trinajstić information content (AvgIpc) is 2.93. The third kappa shape index (κ3) is 5.52. The number of halogens is 1. The van der Waals surface area contributed by atoms with Gasteiger partial charge in [0.2, 0.25) is 0 Å². The van der Waals surface area contributed by atoms with Gasteiger partial charge < -0.3 is 14.8 Å². The van der Waals surface area contributed by atoms with Gasteiger partial charge in [0.1, 0.15) is 31.5 Å². The zero-order valence-corrected chi connectivity index (χ0v) is 11.7. The molecule has 1 aromatic rings. The van der Waals surface area contributed by atoms with Crippen molar-refractivity contribution in [2.45, 2.75) is 18.9 Å². The number of rotatable bonds is 5. The fraction of sp³-hybridized carbons (Fsp3) is 0.467. The molecule has 3 nitrogen and oxygen atoms in total. The SMILES string of the molecule is Clc1ccc(OCC#CC[NH2+]C[C@@H]2CCCO2)cc1. The molecule has 4 heteroatoms. The third-order valence-corrected chi connectivity index (χ3v) is 3.20. The summed E-state index contributed by atoms with van der Waals surface area (Å²) in [7, 11) is 0. The molecule has 1 saturated heterocycles. The van der Waals surface area contributed by atoms with Crippen molar-refractivity contribution in [3.63, 3.8) is 0 Å². The first-order valence-corrected chi connectivity index (χ1v) is 7.00. The maximum Gasteiger partial charge on any atom is 0.149 e. The van der Waals surface area contributed by atoms with E-state index in [0.29, 0.717) is 17.7 Å². The molecule has 1 aliphatic rings. The molecule has 1 heterocycles. The summed E-state index contributed by atoms with van der Waals surface area (Å²) in [5.74, 6) is 6.87. The summed E-state index contributed by atoms with van der Waals surface area (Å²) < 4.78 is 11.0. The van der Waals surface area contributed by atoms with Gasteiger partial charge in [-0.1, -0.05) is 17.5 Å². The number of benzene rings is 1. The molecule has 0 aromatic heterocycles. The van der Waals surface area contributed by atoms with Crippen molar-refractivity contribution < 1.29 is 14.8 Å². The molecule has 0 spiro atoms. The molecule has 1 aliphatic heterocycles. The number of hydrogen-bond acceptors (Lipinski definition) is 2. The molecule has 19 heavy (non-hydrogen) atoms. The highest BCUT2D eigenvalue weighted by Gasteiger charge is 2.15. The van der Waals surface area contributed by atoms with Gasteiger partial charge in [-0.25, -0.2) is 0 Å². The molecule has 1 fully saturated rings. The zero-order valence-electron chi connectivity index (χ0n) is 10.9. The first kappa shape index (κ1) is 14.2. The summed E-state index contributed by atoms with van der Waals surface area (Å²) in [6, 6.07) is 7.29. The molecule has 2 N–H and O–H groups in total. The van der Waals surface area contributed by atoms with Crippen LogP contribution in [-0.2, 0) is 4.74 Å². The Kier molecular flexibility index (Phi) is 6.03. The monoisotopic (exact) mass is 280 g/mol. The van der Waals surface area contributed by atoms with Crippen LogP contribution >= 0.6 is 11.6 Å². The predicted octanol–water partition coefficient (Wildman–Crippen LogP) is 1.46. The molecule has 1 atom stereocenters. The minimum atomic E-state index is 0.412. The van der Waals surface area contributed by atoms with Gasteiger partial charge in [0.05, 0.1) is 0 Å². The Morgan fingerprint density at radius 3 is 2.89 bits per heavy atom. The van der Waals surface area contributed by atoms with Gasteiger partial charge in [-0.05, 0) is 43.0 Å². The second-order valence-electron chi connectivity index (χ2n) is 4.46. The Bertz CT molecular complexity index is 430. The van der Waals surface area contributed by atoms with Crippen molar-refractivity contribution in [1.82, 2.24) is 0 Å². The highest BCUT2D eigenvalue weighted by atomic mass is 35.5. The van der Waals surface area contributed by atoms with Crippen molar-refractivity contribution >= 4 is 11.6 Å². The lowest BCUT2D eigenvalue weighted by Crippen LogP contribution is -2.86. The van der Waals surface area contributed by atoms with E-state index < -0.39 is 0 Å². The van der Waals surface area contributed by atoms with Gasteiger partial charge in [0.15, 0.2) is 0 Å². The highest BCUT2D eigenvalue weighted by Crippen LogP contribution is 2.15. The van der Waals surface area contributed by atoms with Gasteiger partial charge in [-0.2, -0.15) is 0 Å². The largest absolute Gasteiger partial charge is 0.481 e. The fourth-order valence-corrected chi connectivity index (χ4v) is 2.07. The van der Waals surface area contributed by atoms with Crippen molar-refractivity contribution in [3.8, 4) is 17.6 Å². The van der Waals surface area contributed by atoms with Crippen molar-refractivity contribution in [1.29, 1.82) is 0 Å². The topological polar surface area (TPSA) is 35.1 Å². The third-order valence-electron chi connectivity index (χ3n) is 2.95. The second kappa shape index (κ2) is 8.06. The summed E-state index contributed by atoms with van der Waals surface area (Å²) >= 11 is 5.79. The molecular weight excluding hydrogens is 262 g/mol. The number of nitrogens with two attached hydrogens (primary N) is 1. The lowest BCUT2D eigenvalue weighted by Gasteiger charge is -2.05. The highest BCUT2D eigenvalue weighted by molar-refractivity contribution is 6.30. The molecule has 0 radical (unpaired) electrons. The van der Waals surface area contributed by atoms with E-state index in [4.69, 9.17) is 21.1 Å². The predicted molar refractivity (Wildman–Crippen MR) is 75.4 cm³/mol. The van der Waals surface area contributed by atoms with E-state index in [1.54, 1.807) is 12.1 Å². The van der Waals surface area contributed by atoms with Crippen LogP contribution in [0.4, 0.5) is 0 Å². The van der Waals surface area contributed by atoms with Crippen LogP contribution in [0.5, 0.6) is 5.75 Å². The van der Waals surface area contributed by atoms with Crippen molar-refractivity contribution in [3.05, 3.63) is 29.3 Å². The first-order valence-electron chi connectivity index (χ1n) is 6.62. The Labute approximate surface area is 119 Å². The summed E-state index contributed by atoms with van der Waals surface area (Å²) in [4.78, 5) is 0. The van der Waals surface area contributed by atoms with Gasteiger partial charge >= 0.3 is 0 Å². The number of quaternary nitrogens is 1. The maximum absolute atomic E-state index is 5.79. The minimum Gasteiger partial charge on any atom is -0.481 e. The number of ether oxygens (including phenoxy) is 2. The molecule has 102 valence electrons. The molecule has 0 amide bonds. The van der Waals surface area contributed by atoms with E-state index in [0.717, 1.165) is 25.4 Å². The normalized spacial score (nSPS) is 17.8. The maximum atomic E-state index is 5.79. The summed E-state index contributed by atoms with van der Waals surface area (Å²) in [6.45, 7) is 3.13. The molecule has 0 saturated carbocycles. The summed E-state index contributed by atoms with van der Waals surface area (Å²) in [6.07, 6.45) is 2.80. The first-order chi connectivity index (χ1) is 9.34. The van der Waals surface area contributed by atoms with E-state index in [2.05, 4.69) is 17.2 Å². The van der Waals surface area contributed by atoms with Crippen molar-refractivity contribution in [2.75, 3.05) is 26.3 Å². The smallest absolute Gasteiger partial charge is 0.149 e. The molecule has 1 aromatic carbocycles. The lowest BCUT2D eigenvalue weighted by molar-refractivity contribution is -0.650. The van der Waals surface area contributed by atoms with Crippen LogP contribution in [0.25, 0.3) is 0 Å². The minimum absolute atomic E-state index is 0.412. The van der Waals surface area contributed by atoms with E-state index in [9.17, 15) is 0 Å². The van der Waals surface area contributed by atoms with E-state index in [-0.39, 0.29) is 0 Å². The second-order valence-corrected chi connectivity index (χ2v) is 4.90. The average molecular weight is 281 g/mol. The lowest BCUT2D eigenvalue weighted by atomic mass is 10.2. The summed E-state index contributed by atoms with van der Waals surface area (Å²) in [5.41, 5.74) is 0. The van der Waals surface area contributed by atoms with E-state index in [1.165, 1.54) is 12.8 Å². The van der Waals surface area contributed by atoms with Gasteiger partial charge in [-0.3, -0.25) is 0 Å². The molecule has 0 bridgehead atoms. The fourth-order valence-electron chi connectivity index (χ4n) is 1.95. The van der Waals surface area contributed by atoms with Crippen LogP contribution in [0.1, 0.15) is 12.8 Å². The van der Waals surface area contributed by atoms with Crippen molar-refractivity contribution in [2.24, 2.45) is 0 Å². The number of hydrogen-bond donors (Lipinski definition) is 1. The Balaban J connectivity index is 1.55. The molecular formula is C15H19ClNO2+. The van der Waals surface area contributed by atoms with E-state index in [1.807, 2.05) is 12.1 Å². The van der Waals surface area contributed by atoms with Gasteiger partial charge in [0.25, 0.3) is 0 Å². The Hall–Kier alpha value is -1.21. The van der Waals surface area contributed by atoms with E-state index >= 15 is 0 Å². The van der Waals surface area contributed by atoms with Crippen LogP contribution in [0.2, 0.25) is 5.02 Å². The van der Waals surface area contributed by atoms with Gasteiger partial charge in [-0.15, -0.1) is 0 Å². The van der Waals surface area contributed by atoms with Crippen LogP contribution in [0.3, 0.4) is 0 Å².